The molecule has 2 aliphatic heterocycles. The Hall–Kier alpha value is -0.740. The Morgan fingerprint density at radius 2 is 2.16 bits per heavy atom. The van der Waals surface area contributed by atoms with E-state index in [2.05, 4.69) is 21.6 Å². The van der Waals surface area contributed by atoms with Crippen LogP contribution in [-0.2, 0) is 20.2 Å². The first-order chi connectivity index (χ1) is 9.12. The smallest absolute Gasteiger partial charge is 0.299 e. The van der Waals surface area contributed by atoms with Crippen LogP contribution in [0.25, 0.3) is 0 Å². The predicted octanol–water partition coefficient (Wildman–Crippen LogP) is 3.00. The average molecular weight is 285 g/mol. The van der Waals surface area contributed by atoms with E-state index in [-0.39, 0.29) is 18.6 Å². The van der Waals surface area contributed by atoms with Crippen molar-refractivity contribution >= 4 is 7.91 Å². The zero-order chi connectivity index (χ0) is 13.3. The highest BCUT2D eigenvalue weighted by Crippen LogP contribution is 2.56. The molecule has 0 amide bonds. The van der Waals surface area contributed by atoms with Gasteiger partial charge in [-0.15, -0.1) is 4.20 Å². The minimum Gasteiger partial charge on any atom is -0.299 e. The van der Waals surface area contributed by atoms with Crippen molar-refractivity contribution in [3.63, 3.8) is 0 Å². The summed E-state index contributed by atoms with van der Waals surface area (Å²) in [6.07, 6.45) is 0.436. The number of rotatable bonds is 2. The fraction of sp³-hybridized carbons (Fsp3) is 0.538. The zero-order valence-corrected chi connectivity index (χ0v) is 11.5. The molecule has 0 unspecified atom stereocenters. The third-order valence-electron chi connectivity index (χ3n) is 3.70. The van der Waals surface area contributed by atoms with Crippen molar-refractivity contribution in [3.05, 3.63) is 35.9 Å². The van der Waals surface area contributed by atoms with E-state index < -0.39 is 7.91 Å². The summed E-state index contributed by atoms with van der Waals surface area (Å²) >= 11 is 0. The lowest BCUT2D eigenvalue weighted by atomic mass is 9.95. The van der Waals surface area contributed by atoms with Crippen molar-refractivity contribution in [2.45, 2.75) is 19.1 Å². The van der Waals surface area contributed by atoms with Gasteiger partial charge in [0, 0.05) is 25.6 Å². The second kappa shape index (κ2) is 5.33. The van der Waals surface area contributed by atoms with Crippen LogP contribution >= 0.6 is 7.91 Å². The monoisotopic (exact) mass is 285 g/mol. The minimum absolute atomic E-state index is 0.107. The molecule has 6 heteroatoms. The summed E-state index contributed by atoms with van der Waals surface area (Å²) in [6.45, 7) is 2.68. The Labute approximate surface area is 112 Å². The molecule has 19 heavy (non-hydrogen) atoms. The van der Waals surface area contributed by atoms with Gasteiger partial charge in [0.1, 0.15) is 0 Å². The van der Waals surface area contributed by atoms with E-state index in [0.29, 0.717) is 6.42 Å². The second-order valence-electron chi connectivity index (χ2n) is 5.14. The lowest BCUT2D eigenvalue weighted by molar-refractivity contribution is -0.0363. The van der Waals surface area contributed by atoms with Gasteiger partial charge in [-0.3, -0.25) is 13.9 Å². The summed E-state index contributed by atoms with van der Waals surface area (Å²) in [5.41, 5.74) is 1.26. The van der Waals surface area contributed by atoms with Crippen LogP contribution in [0.2, 0.25) is 0 Å². The van der Waals surface area contributed by atoms with Gasteiger partial charge < -0.3 is 0 Å². The normalized spacial score (nSPS) is 35.8. The molecule has 3 rings (SSSR count). The van der Waals surface area contributed by atoms with E-state index in [1.165, 1.54) is 5.56 Å². The molecule has 0 saturated carbocycles. The summed E-state index contributed by atoms with van der Waals surface area (Å²) in [5, 5.41) is 0. The van der Waals surface area contributed by atoms with Crippen molar-refractivity contribution in [1.29, 1.82) is 0 Å². The number of fused-ring (bicyclic) bond motifs is 1. The summed E-state index contributed by atoms with van der Waals surface area (Å²) in [6, 6.07) is 10.2. The topological polar surface area (TPSA) is 38.8 Å². The Kier molecular flexibility index (Phi) is 3.72. The van der Waals surface area contributed by atoms with E-state index in [1.807, 2.05) is 18.2 Å². The summed E-state index contributed by atoms with van der Waals surface area (Å²) in [5.74, 6) is 0.107. The van der Waals surface area contributed by atoms with Crippen LogP contribution in [0.3, 0.4) is 0 Å². The summed E-state index contributed by atoms with van der Waals surface area (Å²) in [4.78, 5) is 2.30. The Morgan fingerprint density at radius 3 is 2.95 bits per heavy atom. The molecule has 2 heterocycles. The number of hydrogen-bond acceptors (Lipinski definition) is 4. The molecule has 1 aromatic rings. The van der Waals surface area contributed by atoms with Crippen molar-refractivity contribution < 1.29 is 17.8 Å². The fourth-order valence-electron chi connectivity index (χ4n) is 2.75. The van der Waals surface area contributed by atoms with E-state index in [9.17, 15) is 8.76 Å². The maximum atomic E-state index is 13.2. The second-order valence-corrected chi connectivity index (χ2v) is 6.47. The van der Waals surface area contributed by atoms with Crippen LogP contribution < -0.4 is 0 Å². The van der Waals surface area contributed by atoms with Gasteiger partial charge in [-0.2, -0.15) is 0 Å². The highest BCUT2D eigenvalue weighted by molar-refractivity contribution is 7.48. The van der Waals surface area contributed by atoms with Gasteiger partial charge in [-0.1, -0.05) is 30.3 Å². The Bertz CT molecular complexity index is 484. The lowest BCUT2D eigenvalue weighted by Crippen LogP contribution is -2.46. The standard InChI is InChI=1S/C13H17FNO3P/c14-19(16)17-10-12-9-15(7-6-13(12)18-19)8-11-4-2-1-3-5-11/h1-5,12-13H,6-10H2/t12-,13-,19-/m1/s1. The van der Waals surface area contributed by atoms with Gasteiger partial charge in [0.25, 0.3) is 0 Å². The minimum atomic E-state index is -4.28. The van der Waals surface area contributed by atoms with Crippen molar-refractivity contribution in [3.8, 4) is 0 Å². The van der Waals surface area contributed by atoms with Crippen molar-refractivity contribution in [2.24, 2.45) is 5.92 Å². The van der Waals surface area contributed by atoms with Gasteiger partial charge in [0.05, 0.1) is 12.7 Å². The number of hydrogen-bond donors (Lipinski definition) is 0. The Morgan fingerprint density at radius 1 is 1.37 bits per heavy atom. The highest BCUT2D eigenvalue weighted by atomic mass is 31.2. The van der Waals surface area contributed by atoms with Gasteiger partial charge in [-0.25, -0.2) is 4.57 Å². The quantitative estimate of drug-likeness (QED) is 0.783. The molecule has 1 aromatic carbocycles. The molecular weight excluding hydrogens is 268 g/mol. The first kappa shape index (κ1) is 13.3. The molecule has 0 aliphatic carbocycles. The van der Waals surface area contributed by atoms with Gasteiger partial charge in [0.2, 0.25) is 0 Å². The van der Waals surface area contributed by atoms with Crippen molar-refractivity contribution in [1.82, 2.24) is 4.90 Å². The molecule has 0 N–H and O–H groups in total. The fourth-order valence-corrected chi connectivity index (χ4v) is 3.78. The highest BCUT2D eigenvalue weighted by Gasteiger charge is 2.42. The first-order valence-electron chi connectivity index (χ1n) is 6.51. The third-order valence-corrected chi connectivity index (χ3v) is 4.68. The molecule has 2 saturated heterocycles. The van der Waals surface area contributed by atoms with Crippen LogP contribution in [0.15, 0.2) is 30.3 Å². The van der Waals surface area contributed by atoms with Crippen LogP contribution in [0.4, 0.5) is 4.20 Å². The molecule has 104 valence electrons. The van der Waals surface area contributed by atoms with Crippen molar-refractivity contribution in [2.75, 3.05) is 19.7 Å². The van der Waals surface area contributed by atoms with Gasteiger partial charge in [-0.05, 0) is 12.0 Å². The molecule has 0 aromatic heterocycles. The number of benzene rings is 1. The average Bonchev–Trinajstić information content (AvgIpc) is 2.39. The molecule has 4 nitrogen and oxygen atoms in total. The van der Waals surface area contributed by atoms with Crippen LogP contribution in [-0.4, -0.2) is 30.7 Å². The van der Waals surface area contributed by atoms with E-state index in [0.717, 1.165) is 19.6 Å². The third kappa shape index (κ3) is 3.23. The summed E-state index contributed by atoms with van der Waals surface area (Å²) in [7, 11) is -4.28. The van der Waals surface area contributed by atoms with Gasteiger partial charge in [0.15, 0.2) is 0 Å². The molecule has 2 aliphatic rings. The maximum absolute atomic E-state index is 13.2. The largest absolute Gasteiger partial charge is 0.513 e. The van der Waals surface area contributed by atoms with E-state index in [4.69, 9.17) is 4.52 Å². The number of likely N-dealkylation sites (tertiary alicyclic amines) is 1. The maximum Gasteiger partial charge on any atom is 0.513 e. The molecular formula is C13H17FNO3P. The molecule has 0 spiro atoms. The number of halogens is 1. The molecule has 0 bridgehead atoms. The number of piperidine rings is 1. The van der Waals surface area contributed by atoms with E-state index in [1.54, 1.807) is 0 Å². The molecule has 0 radical (unpaired) electrons. The molecule has 2 fully saturated rings. The number of nitrogens with zero attached hydrogens (tertiary/aromatic N) is 1. The SMILES string of the molecule is O=[P@]1(F)OC[C@H]2CN(Cc3ccccc3)CC[C@H]2O1. The zero-order valence-electron chi connectivity index (χ0n) is 10.6. The van der Waals surface area contributed by atoms with Crippen LogP contribution in [0.1, 0.15) is 12.0 Å². The predicted molar refractivity (Wildman–Crippen MR) is 69.4 cm³/mol. The summed E-state index contributed by atoms with van der Waals surface area (Å²) < 4.78 is 33.9. The van der Waals surface area contributed by atoms with Crippen LogP contribution in [0, 0.1) is 5.92 Å². The lowest BCUT2D eigenvalue weighted by Gasteiger charge is -2.40. The first-order valence-corrected chi connectivity index (χ1v) is 7.95. The van der Waals surface area contributed by atoms with Gasteiger partial charge >= 0.3 is 7.91 Å². The Balaban J connectivity index is 1.60. The van der Waals surface area contributed by atoms with Crippen LogP contribution in [0.5, 0.6) is 0 Å². The van der Waals surface area contributed by atoms with E-state index >= 15 is 0 Å². The molecule has 3 atom stereocenters.